The van der Waals surface area contributed by atoms with Crippen LogP contribution in [0.3, 0.4) is 0 Å². The smallest absolute Gasteiger partial charge is 0.230 e. The Morgan fingerprint density at radius 2 is 1.89 bits per heavy atom. The third-order valence-electron chi connectivity index (χ3n) is 7.26. The van der Waals surface area contributed by atoms with Gasteiger partial charge in [-0.15, -0.1) is 0 Å². The molecule has 0 saturated carbocycles. The van der Waals surface area contributed by atoms with Crippen LogP contribution in [-0.2, 0) is 20.9 Å². The number of amides is 2. The zero-order valence-corrected chi connectivity index (χ0v) is 16.1. The van der Waals surface area contributed by atoms with Crippen LogP contribution in [0, 0.1) is 17.3 Å². The van der Waals surface area contributed by atoms with Gasteiger partial charge in [0.2, 0.25) is 11.8 Å². The van der Waals surface area contributed by atoms with Crippen LogP contribution in [-0.4, -0.2) is 78.0 Å². The van der Waals surface area contributed by atoms with E-state index in [1.165, 1.54) is 0 Å². The molecule has 0 aromatic heterocycles. The first-order valence-electron chi connectivity index (χ1n) is 10.2. The number of rotatable bonds is 3. The summed E-state index contributed by atoms with van der Waals surface area (Å²) in [5.74, 6) is -0.572. The highest BCUT2D eigenvalue weighted by atomic mass is 16.5. The van der Waals surface area contributed by atoms with Gasteiger partial charge in [0.1, 0.15) is 5.60 Å². The molecule has 2 amide bonds. The molecule has 6 rings (SSSR count). The fourth-order valence-electron chi connectivity index (χ4n) is 6.23. The van der Waals surface area contributed by atoms with Crippen molar-refractivity contribution >= 4 is 11.8 Å². The molecule has 5 aliphatic rings. The van der Waals surface area contributed by atoms with Crippen LogP contribution in [0.25, 0.3) is 0 Å². The van der Waals surface area contributed by atoms with Crippen LogP contribution in [0.1, 0.15) is 5.56 Å². The minimum absolute atomic E-state index is 0.0627. The summed E-state index contributed by atoms with van der Waals surface area (Å²) in [4.78, 5) is 32.7. The van der Waals surface area contributed by atoms with E-state index in [4.69, 9.17) is 4.74 Å². The Labute approximate surface area is 164 Å². The first-order valence-corrected chi connectivity index (χ1v) is 10.2. The predicted octanol–water partition coefficient (Wildman–Crippen LogP) is 0.743. The number of fused-ring (bicyclic) bond motifs is 1. The number of hydrogen-bond donors (Lipinski definition) is 0. The van der Waals surface area contributed by atoms with Crippen molar-refractivity contribution in [1.29, 1.82) is 0 Å². The Morgan fingerprint density at radius 3 is 2.61 bits per heavy atom. The molecule has 4 saturated heterocycles. The van der Waals surface area contributed by atoms with E-state index in [1.807, 2.05) is 52.3 Å². The molecule has 0 unspecified atom stereocenters. The summed E-state index contributed by atoms with van der Waals surface area (Å²) in [5.41, 5.74) is 0.790. The number of carbonyl (C=O) groups is 2. The van der Waals surface area contributed by atoms with Crippen molar-refractivity contribution in [1.82, 2.24) is 14.7 Å². The maximum atomic E-state index is 13.3. The molecular formula is C22H25N3O3. The normalized spacial score (nSPS) is 37.3. The van der Waals surface area contributed by atoms with Gasteiger partial charge in [0.25, 0.3) is 0 Å². The van der Waals surface area contributed by atoms with Gasteiger partial charge in [0.05, 0.1) is 24.5 Å². The molecule has 4 fully saturated rings. The van der Waals surface area contributed by atoms with E-state index in [0.717, 1.165) is 31.7 Å². The zero-order chi connectivity index (χ0) is 19.1. The minimum Gasteiger partial charge on any atom is -0.360 e. The molecule has 5 aliphatic heterocycles. The average Bonchev–Trinajstić information content (AvgIpc) is 3.26. The van der Waals surface area contributed by atoms with Crippen molar-refractivity contribution in [2.24, 2.45) is 17.3 Å². The van der Waals surface area contributed by atoms with Crippen molar-refractivity contribution in [3.8, 4) is 0 Å². The molecule has 0 N–H and O–H groups in total. The molecule has 1 aromatic carbocycles. The number of benzene rings is 1. The van der Waals surface area contributed by atoms with E-state index >= 15 is 0 Å². The van der Waals surface area contributed by atoms with E-state index < -0.39 is 5.60 Å². The van der Waals surface area contributed by atoms with Gasteiger partial charge in [0, 0.05) is 38.1 Å². The van der Waals surface area contributed by atoms with Crippen molar-refractivity contribution in [3.05, 3.63) is 48.0 Å². The lowest BCUT2D eigenvalue weighted by atomic mass is 9.71. The van der Waals surface area contributed by atoms with Crippen LogP contribution < -0.4 is 0 Å². The van der Waals surface area contributed by atoms with E-state index in [2.05, 4.69) is 11.9 Å². The second-order valence-electron chi connectivity index (χ2n) is 9.45. The van der Waals surface area contributed by atoms with E-state index in [-0.39, 0.29) is 29.8 Å². The molecule has 4 atom stereocenters. The fraction of sp³-hybridized carbons (Fsp3) is 0.545. The molecule has 0 radical (unpaired) electrons. The highest BCUT2D eigenvalue weighted by Crippen LogP contribution is 2.53. The van der Waals surface area contributed by atoms with E-state index in [1.54, 1.807) is 0 Å². The second kappa shape index (κ2) is 5.45. The van der Waals surface area contributed by atoms with Crippen molar-refractivity contribution in [3.63, 3.8) is 0 Å². The van der Waals surface area contributed by atoms with Crippen molar-refractivity contribution in [2.45, 2.75) is 18.2 Å². The number of carbonyl (C=O) groups excluding carboxylic acids is 2. The first-order chi connectivity index (χ1) is 13.5. The summed E-state index contributed by atoms with van der Waals surface area (Å²) in [6, 6.07) is 10.0. The van der Waals surface area contributed by atoms with Crippen molar-refractivity contribution < 1.29 is 14.3 Å². The molecule has 2 spiro atoms. The maximum absolute atomic E-state index is 13.3. The first kappa shape index (κ1) is 16.7. The van der Waals surface area contributed by atoms with Gasteiger partial charge in [-0.1, -0.05) is 42.5 Å². The maximum Gasteiger partial charge on any atom is 0.230 e. The third kappa shape index (κ3) is 2.16. The molecule has 28 heavy (non-hydrogen) atoms. The number of likely N-dealkylation sites (tertiary alicyclic amines) is 3. The topological polar surface area (TPSA) is 53.1 Å². The van der Waals surface area contributed by atoms with Crippen LogP contribution in [0.2, 0.25) is 0 Å². The lowest BCUT2D eigenvalue weighted by Gasteiger charge is -2.60. The lowest BCUT2D eigenvalue weighted by Crippen LogP contribution is -2.72. The minimum atomic E-state index is -0.615. The fourth-order valence-corrected chi connectivity index (χ4v) is 6.23. The van der Waals surface area contributed by atoms with Gasteiger partial charge in [-0.2, -0.15) is 0 Å². The summed E-state index contributed by atoms with van der Waals surface area (Å²) in [7, 11) is 2.12. The Kier molecular flexibility index (Phi) is 3.26. The summed E-state index contributed by atoms with van der Waals surface area (Å²) < 4.78 is 6.25. The zero-order valence-electron chi connectivity index (χ0n) is 16.1. The second-order valence-corrected chi connectivity index (χ2v) is 9.45. The summed E-state index contributed by atoms with van der Waals surface area (Å²) in [5, 5.41) is 0. The molecular weight excluding hydrogens is 354 g/mol. The molecule has 5 heterocycles. The molecule has 146 valence electrons. The predicted molar refractivity (Wildman–Crippen MR) is 102 cm³/mol. The van der Waals surface area contributed by atoms with Gasteiger partial charge < -0.3 is 19.4 Å². The Morgan fingerprint density at radius 1 is 1.14 bits per heavy atom. The van der Waals surface area contributed by atoms with Gasteiger partial charge in [-0.3, -0.25) is 9.59 Å². The van der Waals surface area contributed by atoms with Crippen molar-refractivity contribution in [2.75, 3.05) is 39.8 Å². The summed E-state index contributed by atoms with van der Waals surface area (Å²) in [6.07, 6.45) is 3.79. The highest BCUT2D eigenvalue weighted by molar-refractivity contribution is 5.93. The quantitative estimate of drug-likeness (QED) is 0.727. The number of ether oxygens (including phenoxy) is 1. The van der Waals surface area contributed by atoms with Gasteiger partial charge >= 0.3 is 0 Å². The van der Waals surface area contributed by atoms with Gasteiger partial charge in [-0.25, -0.2) is 0 Å². The lowest BCUT2D eigenvalue weighted by molar-refractivity contribution is -0.164. The van der Waals surface area contributed by atoms with Gasteiger partial charge in [0.15, 0.2) is 0 Å². The molecule has 1 aromatic rings. The summed E-state index contributed by atoms with van der Waals surface area (Å²) in [6.45, 7) is 4.89. The number of hydrogen-bond acceptors (Lipinski definition) is 4. The Balaban J connectivity index is 1.21. The van der Waals surface area contributed by atoms with Crippen LogP contribution >= 0.6 is 0 Å². The van der Waals surface area contributed by atoms with Gasteiger partial charge in [-0.05, 0) is 12.6 Å². The van der Waals surface area contributed by atoms with Crippen LogP contribution in [0.4, 0.5) is 0 Å². The number of nitrogens with zero attached hydrogens (tertiary/aromatic N) is 3. The van der Waals surface area contributed by atoms with Crippen LogP contribution in [0.5, 0.6) is 0 Å². The molecule has 0 aliphatic carbocycles. The van der Waals surface area contributed by atoms with E-state index in [9.17, 15) is 9.59 Å². The Bertz CT molecular complexity index is 870. The molecule has 2 bridgehead atoms. The van der Waals surface area contributed by atoms with Crippen LogP contribution in [0.15, 0.2) is 42.5 Å². The standard InChI is InChI=1S/C22H25N3O3/c1-23-10-21(11-23)12-25(13-21)19(26)17-16-7-8-22(28-16)14-24(20(27)18(17)22)9-15-5-3-2-4-6-15/h2-8,16-18H,9-14H2,1H3/t16-,17+,18-,22-/m1/s1. The highest BCUT2D eigenvalue weighted by Gasteiger charge is 2.68. The molecule has 6 nitrogen and oxygen atoms in total. The SMILES string of the molecule is CN1CC2(C1)CN(C(=O)[C@H]1[C@H]3C=C[C@]4(CN(Cc5ccccc5)C(=O)[C@@H]14)O3)C2. The third-order valence-corrected chi connectivity index (χ3v) is 7.26. The molecule has 6 heteroatoms. The average molecular weight is 379 g/mol. The monoisotopic (exact) mass is 379 g/mol. The van der Waals surface area contributed by atoms with E-state index in [0.29, 0.717) is 18.5 Å². The Hall–Kier alpha value is -2.18. The largest absolute Gasteiger partial charge is 0.360 e. The summed E-state index contributed by atoms with van der Waals surface area (Å²) >= 11 is 0.